The van der Waals surface area contributed by atoms with E-state index in [2.05, 4.69) is 10.4 Å². The lowest BCUT2D eigenvalue weighted by Gasteiger charge is -2.13. The van der Waals surface area contributed by atoms with Crippen molar-refractivity contribution in [3.05, 3.63) is 34.0 Å². The van der Waals surface area contributed by atoms with E-state index >= 15 is 0 Å². The molecule has 0 spiro atoms. The van der Waals surface area contributed by atoms with Crippen molar-refractivity contribution < 1.29 is 29.0 Å². The van der Waals surface area contributed by atoms with Crippen LogP contribution < -0.4 is 11.1 Å². The zero-order chi connectivity index (χ0) is 21.0. The lowest BCUT2D eigenvalue weighted by atomic mass is 10.1. The molecule has 0 aliphatic rings. The van der Waals surface area contributed by atoms with Crippen molar-refractivity contribution in [2.24, 2.45) is 5.73 Å². The van der Waals surface area contributed by atoms with E-state index < -0.39 is 29.8 Å². The van der Waals surface area contributed by atoms with Crippen LogP contribution in [0.25, 0.3) is 0 Å². The van der Waals surface area contributed by atoms with Gasteiger partial charge in [-0.1, -0.05) is 6.92 Å². The summed E-state index contributed by atoms with van der Waals surface area (Å²) in [5, 5.41) is 15.5. The van der Waals surface area contributed by atoms with Crippen LogP contribution in [0.4, 0.5) is 5.00 Å². The molecule has 4 N–H and O–H groups in total. The van der Waals surface area contributed by atoms with Crippen LogP contribution in [0.15, 0.2) is 12.3 Å². The van der Waals surface area contributed by atoms with Crippen LogP contribution in [-0.4, -0.2) is 45.2 Å². The minimum absolute atomic E-state index is 0.0690. The fraction of sp³-hybridized carbons (Fsp3) is 0.353. The van der Waals surface area contributed by atoms with Gasteiger partial charge in [0, 0.05) is 6.20 Å². The number of carbonyl (C=O) groups is 4. The highest BCUT2D eigenvalue weighted by molar-refractivity contribution is 7.18. The summed E-state index contributed by atoms with van der Waals surface area (Å²) in [6, 6.07) is 0.396. The van der Waals surface area contributed by atoms with Crippen molar-refractivity contribution in [1.29, 1.82) is 0 Å². The summed E-state index contributed by atoms with van der Waals surface area (Å²) in [6.45, 7) is 5.08. The maximum absolute atomic E-state index is 12.6. The molecule has 2 amide bonds. The van der Waals surface area contributed by atoms with Crippen LogP contribution in [0.2, 0.25) is 0 Å². The number of carboxylic acids is 1. The van der Waals surface area contributed by atoms with Crippen LogP contribution in [0.5, 0.6) is 0 Å². The van der Waals surface area contributed by atoms with Gasteiger partial charge in [0.1, 0.15) is 11.0 Å². The van der Waals surface area contributed by atoms with Crippen molar-refractivity contribution in [3.63, 3.8) is 0 Å². The van der Waals surface area contributed by atoms with Crippen molar-refractivity contribution in [2.45, 2.75) is 33.2 Å². The number of aromatic nitrogens is 2. The maximum atomic E-state index is 12.6. The molecular formula is C17H20N4O6S. The van der Waals surface area contributed by atoms with Gasteiger partial charge in [0.2, 0.25) is 5.91 Å². The largest absolute Gasteiger partial charge is 0.476 e. The minimum Gasteiger partial charge on any atom is -0.476 e. The highest BCUT2D eigenvalue weighted by Gasteiger charge is 2.27. The Hall–Kier alpha value is -3.21. The monoisotopic (exact) mass is 408 g/mol. The topological polar surface area (TPSA) is 154 Å². The quantitative estimate of drug-likeness (QED) is 0.563. The number of thiophene rings is 1. The fourth-order valence-corrected chi connectivity index (χ4v) is 3.40. The summed E-state index contributed by atoms with van der Waals surface area (Å²) in [5.41, 5.74) is 5.54. The first-order chi connectivity index (χ1) is 13.2. The predicted octanol–water partition coefficient (Wildman–Crippen LogP) is 1.82. The van der Waals surface area contributed by atoms with Crippen molar-refractivity contribution in [1.82, 2.24) is 9.78 Å². The zero-order valence-electron chi connectivity index (χ0n) is 15.5. The van der Waals surface area contributed by atoms with Crippen LogP contribution in [0.1, 0.15) is 62.4 Å². The molecule has 0 bridgehead atoms. The summed E-state index contributed by atoms with van der Waals surface area (Å²) < 4.78 is 6.31. The SMILES string of the molecule is CCCOC(=O)c1c(NC(=O)C(C)n2ccc(C(=O)O)n2)sc(C(N)=O)c1C. The van der Waals surface area contributed by atoms with Crippen molar-refractivity contribution >= 4 is 40.1 Å². The number of amides is 2. The molecule has 0 saturated heterocycles. The zero-order valence-corrected chi connectivity index (χ0v) is 16.3. The average molecular weight is 408 g/mol. The van der Waals surface area contributed by atoms with Gasteiger partial charge in [0.25, 0.3) is 5.91 Å². The summed E-state index contributed by atoms with van der Waals surface area (Å²) in [6.07, 6.45) is 1.97. The van der Waals surface area contributed by atoms with E-state index in [0.717, 1.165) is 11.3 Å². The fourth-order valence-electron chi connectivity index (χ4n) is 2.35. The Morgan fingerprint density at radius 1 is 1.39 bits per heavy atom. The van der Waals surface area contributed by atoms with Crippen LogP contribution in [-0.2, 0) is 9.53 Å². The average Bonchev–Trinajstić information content (AvgIpc) is 3.24. The van der Waals surface area contributed by atoms with Gasteiger partial charge in [-0.15, -0.1) is 11.3 Å². The third-order valence-electron chi connectivity index (χ3n) is 3.85. The van der Waals surface area contributed by atoms with Gasteiger partial charge in [0.05, 0.1) is 17.0 Å². The van der Waals surface area contributed by atoms with E-state index in [-0.39, 0.29) is 27.7 Å². The Bertz CT molecular complexity index is 932. The highest BCUT2D eigenvalue weighted by Crippen LogP contribution is 2.34. The van der Waals surface area contributed by atoms with Gasteiger partial charge in [-0.25, -0.2) is 9.59 Å². The molecule has 0 aliphatic heterocycles. The molecule has 150 valence electrons. The van der Waals surface area contributed by atoms with Crippen LogP contribution in [0.3, 0.4) is 0 Å². The van der Waals surface area contributed by atoms with Gasteiger partial charge in [0.15, 0.2) is 5.69 Å². The molecule has 28 heavy (non-hydrogen) atoms. The standard InChI is InChI=1S/C17H20N4O6S/c1-4-7-27-17(26)11-8(2)12(13(18)22)28-15(11)19-14(23)9(3)21-6-5-10(20-21)16(24)25/h5-6,9H,4,7H2,1-3H3,(H2,18,22)(H,19,23)(H,24,25). The first-order valence-corrected chi connectivity index (χ1v) is 9.18. The number of hydrogen-bond acceptors (Lipinski definition) is 7. The van der Waals surface area contributed by atoms with E-state index in [0.29, 0.717) is 12.0 Å². The number of nitrogens with two attached hydrogens (primary N) is 1. The summed E-state index contributed by atoms with van der Waals surface area (Å²) in [7, 11) is 0. The maximum Gasteiger partial charge on any atom is 0.356 e. The molecule has 0 radical (unpaired) electrons. The molecule has 1 unspecified atom stereocenters. The highest BCUT2D eigenvalue weighted by atomic mass is 32.1. The van der Waals surface area contributed by atoms with Crippen LogP contribution in [0, 0.1) is 6.92 Å². The molecule has 2 aromatic heterocycles. The van der Waals surface area contributed by atoms with E-state index in [1.54, 1.807) is 6.92 Å². The number of nitrogens with one attached hydrogen (secondary N) is 1. The van der Waals surface area contributed by atoms with Gasteiger partial charge in [-0.3, -0.25) is 14.3 Å². The smallest absolute Gasteiger partial charge is 0.356 e. The molecule has 0 aromatic carbocycles. The normalized spacial score (nSPS) is 11.7. The van der Waals surface area contributed by atoms with Crippen molar-refractivity contribution in [2.75, 3.05) is 11.9 Å². The number of carbonyl (C=O) groups excluding carboxylic acids is 3. The van der Waals surface area contributed by atoms with Crippen molar-refractivity contribution in [3.8, 4) is 0 Å². The molecule has 11 heteroatoms. The Labute approximate surface area is 164 Å². The number of primary amides is 1. The molecule has 2 aromatic rings. The molecule has 0 aliphatic carbocycles. The Kier molecular flexibility index (Phi) is 6.52. The van der Waals surface area contributed by atoms with Gasteiger partial charge >= 0.3 is 11.9 Å². The Balaban J connectivity index is 2.31. The molecule has 2 heterocycles. The number of hydrogen-bond donors (Lipinski definition) is 3. The first-order valence-electron chi connectivity index (χ1n) is 8.36. The van der Waals surface area contributed by atoms with Crippen LogP contribution >= 0.6 is 11.3 Å². The number of aromatic carboxylic acids is 1. The summed E-state index contributed by atoms with van der Waals surface area (Å²) in [4.78, 5) is 47.7. The molecule has 10 nitrogen and oxygen atoms in total. The molecular weight excluding hydrogens is 388 g/mol. The lowest BCUT2D eigenvalue weighted by Crippen LogP contribution is -2.25. The second-order valence-corrected chi connectivity index (χ2v) is 6.93. The molecule has 2 rings (SSSR count). The van der Waals surface area contributed by atoms with E-state index in [4.69, 9.17) is 15.6 Å². The predicted molar refractivity (Wildman–Crippen MR) is 101 cm³/mol. The van der Waals surface area contributed by atoms with E-state index in [9.17, 15) is 19.2 Å². The van der Waals surface area contributed by atoms with Gasteiger partial charge < -0.3 is 20.9 Å². The Morgan fingerprint density at radius 3 is 2.61 bits per heavy atom. The third-order valence-corrected chi connectivity index (χ3v) is 5.07. The van der Waals surface area contributed by atoms with Gasteiger partial charge in [-0.2, -0.15) is 5.10 Å². The minimum atomic E-state index is -1.22. The first kappa shape index (κ1) is 21.1. The molecule has 0 saturated carbocycles. The van der Waals surface area contributed by atoms with E-state index in [1.165, 1.54) is 23.9 Å². The van der Waals surface area contributed by atoms with E-state index in [1.807, 2.05) is 6.92 Å². The summed E-state index contributed by atoms with van der Waals surface area (Å²) in [5.74, 6) is -3.16. The molecule has 0 fully saturated rings. The number of anilines is 1. The second kappa shape index (κ2) is 8.65. The number of nitrogens with zero attached hydrogens (tertiary/aromatic N) is 2. The number of ether oxygens (including phenoxy) is 1. The second-order valence-electron chi connectivity index (χ2n) is 5.91. The number of carboxylic acid groups (broad SMARTS) is 1. The number of esters is 1. The third kappa shape index (κ3) is 4.36. The number of rotatable bonds is 8. The Morgan fingerprint density at radius 2 is 2.07 bits per heavy atom. The van der Waals surface area contributed by atoms with Gasteiger partial charge in [-0.05, 0) is 31.9 Å². The molecule has 1 atom stereocenters. The lowest BCUT2D eigenvalue weighted by molar-refractivity contribution is -0.119. The summed E-state index contributed by atoms with van der Waals surface area (Å²) >= 11 is 0.876.